The van der Waals surface area contributed by atoms with Gasteiger partial charge in [-0.15, -0.1) is 42.0 Å². The molecule has 0 atom stereocenters. The number of hydrogen-bond acceptors (Lipinski definition) is 5. The SMILES string of the molecule is [Pt+2].[c-]1ccc2c(oc3ccccc32)c1-c1cccc(Oc2cccc(-c3[c-]ccc4c3sc3ccccc34)n2)n1. The maximum absolute atomic E-state index is 6.19. The number of pyridine rings is 2. The molecule has 192 valence electrons. The Kier molecular flexibility index (Phi) is 6.19. The molecular formula is C34H18N2O2PtS. The summed E-state index contributed by atoms with van der Waals surface area (Å²) in [5, 5.41) is 4.57. The molecule has 4 heterocycles. The molecule has 0 aliphatic rings. The summed E-state index contributed by atoms with van der Waals surface area (Å²) in [7, 11) is 0. The van der Waals surface area contributed by atoms with Crippen molar-refractivity contribution < 1.29 is 30.2 Å². The number of thiophene rings is 1. The number of aromatic nitrogens is 2. The predicted molar refractivity (Wildman–Crippen MR) is 157 cm³/mol. The van der Waals surface area contributed by atoms with Crippen LogP contribution in [0.15, 0.2) is 114 Å². The third-order valence-corrected chi connectivity index (χ3v) is 8.05. The Labute approximate surface area is 248 Å². The van der Waals surface area contributed by atoms with Gasteiger partial charge in [0.15, 0.2) is 0 Å². The minimum absolute atomic E-state index is 0. The summed E-state index contributed by atoms with van der Waals surface area (Å²) in [4.78, 5) is 9.61. The average Bonchev–Trinajstić information content (AvgIpc) is 3.56. The van der Waals surface area contributed by atoms with Gasteiger partial charge in [0.25, 0.3) is 0 Å². The molecule has 4 aromatic carbocycles. The van der Waals surface area contributed by atoms with Gasteiger partial charge in [0, 0.05) is 10.1 Å². The van der Waals surface area contributed by atoms with Crippen molar-refractivity contribution in [3.8, 4) is 34.3 Å². The van der Waals surface area contributed by atoms with Crippen LogP contribution in [-0.4, -0.2) is 9.97 Å². The molecule has 8 rings (SSSR count). The standard InChI is InChI=1S/C34H18N2O2S.Pt/c1-3-17-29-21(9-1)23-11-5-13-25(33(23)37-29)27-15-7-19-31(35-27)38-32-20-8-16-28(36-32)26-14-6-12-24-22-10-2-4-18-30(22)39-34(24)26;/h1-12,15-20H;/q-2;+2. The van der Waals surface area contributed by atoms with E-state index in [1.807, 2.05) is 72.8 Å². The van der Waals surface area contributed by atoms with Gasteiger partial charge in [0.2, 0.25) is 11.8 Å². The van der Waals surface area contributed by atoms with Crippen LogP contribution in [0, 0.1) is 12.1 Å². The Morgan fingerprint density at radius 1 is 0.600 bits per heavy atom. The smallest absolute Gasteiger partial charge is 0.501 e. The molecule has 0 unspecified atom stereocenters. The zero-order valence-electron chi connectivity index (χ0n) is 20.8. The van der Waals surface area contributed by atoms with Crippen molar-refractivity contribution in [2.75, 3.05) is 0 Å². The second kappa shape index (κ2) is 10.0. The Balaban J connectivity index is 0.00000264. The van der Waals surface area contributed by atoms with Crippen LogP contribution in [0.1, 0.15) is 0 Å². The number of hydrogen-bond donors (Lipinski definition) is 0. The summed E-state index contributed by atoms with van der Waals surface area (Å²) in [6, 6.07) is 42.7. The number of benzene rings is 4. The van der Waals surface area contributed by atoms with Crippen molar-refractivity contribution in [1.82, 2.24) is 9.97 Å². The van der Waals surface area contributed by atoms with Gasteiger partial charge in [0.1, 0.15) is 5.58 Å². The van der Waals surface area contributed by atoms with Gasteiger partial charge in [-0.05, 0) is 45.7 Å². The van der Waals surface area contributed by atoms with E-state index in [4.69, 9.17) is 19.1 Å². The van der Waals surface area contributed by atoms with Gasteiger partial charge in [-0.1, -0.05) is 77.0 Å². The van der Waals surface area contributed by atoms with Crippen LogP contribution in [0.3, 0.4) is 0 Å². The molecule has 0 N–H and O–H groups in total. The first-order valence-corrected chi connectivity index (χ1v) is 13.4. The fourth-order valence-electron chi connectivity index (χ4n) is 5.09. The van der Waals surface area contributed by atoms with Gasteiger partial charge in [-0.25, -0.2) is 0 Å². The van der Waals surface area contributed by atoms with Gasteiger partial charge in [-0.3, -0.25) is 9.97 Å². The molecule has 0 amide bonds. The van der Waals surface area contributed by atoms with Crippen molar-refractivity contribution in [2.45, 2.75) is 0 Å². The van der Waals surface area contributed by atoms with E-state index in [0.717, 1.165) is 49.2 Å². The Hall–Kier alpha value is -4.31. The molecule has 6 heteroatoms. The van der Waals surface area contributed by atoms with Crippen LogP contribution < -0.4 is 4.74 Å². The molecule has 0 aliphatic carbocycles. The number of furan rings is 1. The third kappa shape index (κ3) is 4.10. The second-order valence-corrected chi connectivity index (χ2v) is 10.3. The van der Waals surface area contributed by atoms with Crippen LogP contribution in [-0.2, 0) is 21.1 Å². The number of ether oxygens (including phenoxy) is 1. The average molecular weight is 714 g/mol. The molecule has 0 spiro atoms. The molecule has 0 bridgehead atoms. The zero-order valence-corrected chi connectivity index (χ0v) is 23.9. The van der Waals surface area contributed by atoms with Crippen LogP contribution in [0.4, 0.5) is 0 Å². The van der Waals surface area contributed by atoms with E-state index in [-0.39, 0.29) is 21.1 Å². The number of fused-ring (bicyclic) bond motifs is 6. The fourth-order valence-corrected chi connectivity index (χ4v) is 6.30. The quantitative estimate of drug-likeness (QED) is 0.171. The first-order valence-electron chi connectivity index (χ1n) is 12.6. The maximum Gasteiger partial charge on any atom is 2.00 e. The predicted octanol–water partition coefficient (Wildman–Crippen LogP) is 9.47. The van der Waals surface area contributed by atoms with E-state index in [0.29, 0.717) is 11.8 Å². The van der Waals surface area contributed by atoms with Crippen LogP contribution in [0.5, 0.6) is 11.8 Å². The van der Waals surface area contributed by atoms with Crippen molar-refractivity contribution in [2.24, 2.45) is 0 Å². The largest absolute Gasteiger partial charge is 2.00 e. The molecule has 0 fully saturated rings. The fraction of sp³-hybridized carbons (Fsp3) is 0. The summed E-state index contributed by atoms with van der Waals surface area (Å²) >= 11 is 1.76. The molecule has 4 nitrogen and oxygen atoms in total. The van der Waals surface area contributed by atoms with Crippen molar-refractivity contribution in [3.05, 3.63) is 121 Å². The molecule has 8 aromatic rings. The number of nitrogens with zero attached hydrogens (tertiary/aromatic N) is 2. The maximum atomic E-state index is 6.19. The zero-order chi connectivity index (χ0) is 25.8. The van der Waals surface area contributed by atoms with E-state index in [2.05, 4.69) is 48.5 Å². The van der Waals surface area contributed by atoms with Crippen LogP contribution in [0.25, 0.3) is 64.6 Å². The third-order valence-electron chi connectivity index (χ3n) is 6.85. The summed E-state index contributed by atoms with van der Waals surface area (Å²) in [5.74, 6) is 0.914. The van der Waals surface area contributed by atoms with Crippen molar-refractivity contribution in [1.29, 1.82) is 0 Å². The first kappa shape index (κ1) is 24.7. The van der Waals surface area contributed by atoms with E-state index in [1.165, 1.54) is 15.5 Å². The monoisotopic (exact) mass is 713 g/mol. The van der Waals surface area contributed by atoms with Gasteiger partial charge in [0.05, 0.1) is 5.58 Å². The summed E-state index contributed by atoms with van der Waals surface area (Å²) < 4.78 is 14.8. The van der Waals surface area contributed by atoms with Crippen LogP contribution >= 0.6 is 11.3 Å². The van der Waals surface area contributed by atoms with E-state index < -0.39 is 0 Å². The van der Waals surface area contributed by atoms with Gasteiger partial charge >= 0.3 is 21.1 Å². The summed E-state index contributed by atoms with van der Waals surface area (Å²) in [5.41, 5.74) is 4.88. The molecule has 40 heavy (non-hydrogen) atoms. The first-order chi connectivity index (χ1) is 19.3. The minimum Gasteiger partial charge on any atom is -0.501 e. The summed E-state index contributed by atoms with van der Waals surface area (Å²) in [6.45, 7) is 0. The van der Waals surface area contributed by atoms with E-state index >= 15 is 0 Å². The van der Waals surface area contributed by atoms with Gasteiger partial charge < -0.3 is 9.15 Å². The van der Waals surface area contributed by atoms with Crippen molar-refractivity contribution in [3.63, 3.8) is 0 Å². The number of para-hydroxylation sites is 1. The topological polar surface area (TPSA) is 48.2 Å². The van der Waals surface area contributed by atoms with E-state index in [1.54, 1.807) is 11.3 Å². The van der Waals surface area contributed by atoms with E-state index in [9.17, 15) is 0 Å². The Morgan fingerprint density at radius 3 is 2.05 bits per heavy atom. The minimum atomic E-state index is 0. The molecule has 0 saturated heterocycles. The van der Waals surface area contributed by atoms with Gasteiger partial charge in [-0.2, -0.15) is 11.3 Å². The molecule has 0 radical (unpaired) electrons. The molecule has 0 aliphatic heterocycles. The van der Waals surface area contributed by atoms with Crippen molar-refractivity contribution >= 4 is 53.4 Å². The Morgan fingerprint density at radius 2 is 1.25 bits per heavy atom. The number of rotatable bonds is 4. The van der Waals surface area contributed by atoms with Crippen LogP contribution in [0.2, 0.25) is 0 Å². The molecule has 0 saturated carbocycles. The second-order valence-electron chi connectivity index (χ2n) is 9.21. The normalized spacial score (nSPS) is 11.3. The molecular weight excluding hydrogens is 696 g/mol. The Bertz CT molecular complexity index is 2030. The summed E-state index contributed by atoms with van der Waals surface area (Å²) in [6.07, 6.45) is 0. The molecule has 4 aromatic heterocycles.